The maximum atomic E-state index is 13.7. The molecule has 4 bridgehead atoms. The Balaban J connectivity index is 1.43. The third-order valence-corrected chi connectivity index (χ3v) is 10.6. The van der Waals surface area contributed by atoms with Gasteiger partial charge in [-0.3, -0.25) is 4.79 Å². The third-order valence-electron chi connectivity index (χ3n) is 9.42. The van der Waals surface area contributed by atoms with Crippen LogP contribution in [0.25, 0.3) is 0 Å². The summed E-state index contributed by atoms with van der Waals surface area (Å²) in [4.78, 5) is 27.7. The van der Waals surface area contributed by atoms with Crippen LogP contribution >= 0.6 is 11.3 Å². The van der Waals surface area contributed by atoms with Gasteiger partial charge in [-0.2, -0.15) is 0 Å². The molecule has 0 aliphatic heterocycles. The molecule has 4 nitrogen and oxygen atoms in total. The van der Waals surface area contributed by atoms with E-state index in [4.69, 9.17) is 4.74 Å². The average Bonchev–Trinajstić information content (AvgIpc) is 3.09. The summed E-state index contributed by atoms with van der Waals surface area (Å²) in [5.41, 5.74) is 1.84. The third kappa shape index (κ3) is 3.55. The summed E-state index contributed by atoms with van der Waals surface area (Å²) in [5, 5.41) is 4.03. The van der Waals surface area contributed by atoms with E-state index in [-0.39, 0.29) is 22.7 Å². The highest BCUT2D eigenvalue weighted by Crippen LogP contribution is 2.60. The number of nitrogens with one attached hydrogen (secondary N) is 1. The predicted octanol–water partition coefficient (Wildman–Crippen LogP) is 6.23. The summed E-state index contributed by atoms with van der Waals surface area (Å²) < 4.78 is 5.16. The molecule has 1 aromatic heterocycles. The van der Waals surface area contributed by atoms with E-state index < -0.39 is 0 Å². The van der Waals surface area contributed by atoms with Gasteiger partial charge in [0.1, 0.15) is 5.00 Å². The number of methoxy groups -OCH3 is 1. The number of carbonyl (C=O) groups is 2. The van der Waals surface area contributed by atoms with E-state index in [0.717, 1.165) is 73.3 Å². The van der Waals surface area contributed by atoms with E-state index in [0.29, 0.717) is 11.5 Å². The average molecular weight is 444 g/mol. The van der Waals surface area contributed by atoms with E-state index in [1.54, 1.807) is 11.3 Å². The topological polar surface area (TPSA) is 55.4 Å². The van der Waals surface area contributed by atoms with Gasteiger partial charge in [0.25, 0.3) is 0 Å². The fourth-order valence-corrected chi connectivity index (χ4v) is 8.88. The standard InChI is InChI=1S/C26H37NO3S/c1-5-25(2,3)18-6-7-19-20(11-18)31-22(21(19)23(28)30-4)27-24(29)26-12-15-8-16(13-26)10-17(9-15)14-26/h15-18H,5-14H2,1-4H3,(H,27,29). The first-order valence-corrected chi connectivity index (χ1v) is 13.1. The van der Waals surface area contributed by atoms with Gasteiger partial charge in [0, 0.05) is 4.88 Å². The van der Waals surface area contributed by atoms with Crippen molar-refractivity contribution in [2.45, 2.75) is 85.0 Å². The first-order chi connectivity index (χ1) is 14.7. The van der Waals surface area contributed by atoms with E-state index in [2.05, 4.69) is 26.1 Å². The van der Waals surface area contributed by atoms with Gasteiger partial charge >= 0.3 is 5.97 Å². The quantitative estimate of drug-likeness (QED) is 0.549. The normalized spacial score (nSPS) is 33.8. The lowest BCUT2D eigenvalue weighted by Crippen LogP contribution is -2.51. The van der Waals surface area contributed by atoms with Crippen LogP contribution in [0.15, 0.2) is 0 Å². The van der Waals surface area contributed by atoms with E-state index in [1.807, 2.05) is 0 Å². The highest BCUT2D eigenvalue weighted by atomic mass is 32.1. The molecule has 1 atom stereocenters. The molecule has 4 saturated carbocycles. The van der Waals surface area contributed by atoms with E-state index in [9.17, 15) is 9.59 Å². The Morgan fingerprint density at radius 2 is 1.74 bits per heavy atom. The number of carbonyl (C=O) groups excluding carboxylic acids is 2. The van der Waals surface area contributed by atoms with Crippen molar-refractivity contribution in [2.24, 2.45) is 34.5 Å². The van der Waals surface area contributed by atoms with Crippen LogP contribution < -0.4 is 5.32 Å². The van der Waals surface area contributed by atoms with E-state index in [1.165, 1.54) is 31.2 Å². The highest BCUT2D eigenvalue weighted by molar-refractivity contribution is 7.17. The molecule has 4 fully saturated rings. The monoisotopic (exact) mass is 443 g/mol. The SMILES string of the molecule is CCC(C)(C)C1CCc2c(sc(NC(=O)C34CC5CC(CC(C5)C3)C4)c2C(=O)OC)C1. The summed E-state index contributed by atoms with van der Waals surface area (Å²) in [6.45, 7) is 6.97. The Morgan fingerprint density at radius 1 is 1.13 bits per heavy atom. The molecule has 170 valence electrons. The van der Waals surface area contributed by atoms with Crippen molar-refractivity contribution < 1.29 is 14.3 Å². The minimum Gasteiger partial charge on any atom is -0.465 e. The van der Waals surface area contributed by atoms with Gasteiger partial charge in [-0.05, 0) is 92.4 Å². The van der Waals surface area contributed by atoms with Crippen LogP contribution in [0, 0.1) is 34.5 Å². The molecule has 6 rings (SSSR count). The van der Waals surface area contributed by atoms with Crippen LogP contribution in [0.5, 0.6) is 0 Å². The fraction of sp³-hybridized carbons (Fsp3) is 0.769. The Kier molecular flexibility index (Phi) is 5.27. The summed E-state index contributed by atoms with van der Waals surface area (Å²) in [5.74, 6) is 2.66. The molecule has 0 radical (unpaired) electrons. The predicted molar refractivity (Wildman–Crippen MR) is 124 cm³/mol. The van der Waals surface area contributed by atoms with Gasteiger partial charge in [-0.25, -0.2) is 4.79 Å². The number of fused-ring (bicyclic) bond motifs is 1. The Bertz CT molecular complexity index is 863. The van der Waals surface area contributed by atoms with Gasteiger partial charge < -0.3 is 10.1 Å². The molecule has 1 heterocycles. The van der Waals surface area contributed by atoms with Crippen LogP contribution in [-0.2, 0) is 22.4 Å². The molecule has 1 N–H and O–H groups in total. The van der Waals surface area contributed by atoms with Crippen molar-refractivity contribution >= 4 is 28.2 Å². The molecule has 0 aromatic carbocycles. The number of rotatable bonds is 5. The number of amides is 1. The molecule has 1 amide bonds. The van der Waals surface area contributed by atoms with E-state index >= 15 is 0 Å². The Labute approximate surface area is 190 Å². The Hall–Kier alpha value is -1.36. The minimum absolute atomic E-state index is 0.167. The lowest BCUT2D eigenvalue weighted by molar-refractivity contribution is -0.140. The second-order valence-corrected chi connectivity index (χ2v) is 12.7. The number of hydrogen-bond acceptors (Lipinski definition) is 4. The minimum atomic E-state index is -0.300. The lowest BCUT2D eigenvalue weighted by Gasteiger charge is -2.55. The van der Waals surface area contributed by atoms with Gasteiger partial charge in [0.05, 0.1) is 18.1 Å². The summed E-state index contributed by atoms with van der Waals surface area (Å²) in [6, 6.07) is 0. The Morgan fingerprint density at radius 3 is 2.29 bits per heavy atom. The summed E-state index contributed by atoms with van der Waals surface area (Å²) in [6.07, 6.45) is 11.2. The van der Waals surface area contributed by atoms with Gasteiger partial charge in [0.2, 0.25) is 5.91 Å². The van der Waals surface area contributed by atoms with Gasteiger partial charge in [0.15, 0.2) is 0 Å². The molecule has 1 aromatic rings. The van der Waals surface area contributed by atoms with Crippen LogP contribution in [0.2, 0.25) is 0 Å². The number of hydrogen-bond donors (Lipinski definition) is 1. The number of ether oxygens (including phenoxy) is 1. The van der Waals surface area contributed by atoms with Crippen molar-refractivity contribution in [1.29, 1.82) is 0 Å². The first-order valence-electron chi connectivity index (χ1n) is 12.3. The molecule has 5 heteroatoms. The molecular weight excluding hydrogens is 406 g/mol. The molecule has 5 aliphatic carbocycles. The summed E-state index contributed by atoms with van der Waals surface area (Å²) >= 11 is 1.64. The van der Waals surface area contributed by atoms with Crippen LogP contribution in [0.3, 0.4) is 0 Å². The van der Waals surface area contributed by atoms with Crippen LogP contribution in [-0.4, -0.2) is 19.0 Å². The number of anilines is 1. The van der Waals surface area contributed by atoms with Crippen molar-refractivity contribution in [1.82, 2.24) is 0 Å². The molecule has 0 saturated heterocycles. The highest BCUT2D eigenvalue weighted by Gasteiger charge is 2.54. The number of thiophene rings is 1. The molecule has 0 spiro atoms. The van der Waals surface area contributed by atoms with Gasteiger partial charge in [-0.1, -0.05) is 27.2 Å². The second kappa shape index (κ2) is 7.60. The molecule has 5 aliphatic rings. The lowest BCUT2D eigenvalue weighted by atomic mass is 9.49. The number of esters is 1. The molecule has 31 heavy (non-hydrogen) atoms. The van der Waals surface area contributed by atoms with Crippen molar-refractivity contribution in [3.05, 3.63) is 16.0 Å². The largest absolute Gasteiger partial charge is 0.465 e. The first kappa shape index (κ1) is 21.5. The van der Waals surface area contributed by atoms with Crippen LogP contribution in [0.1, 0.15) is 92.9 Å². The fourth-order valence-electron chi connectivity index (χ4n) is 7.57. The zero-order valence-corrected chi connectivity index (χ0v) is 20.3. The van der Waals surface area contributed by atoms with Crippen LogP contribution in [0.4, 0.5) is 5.00 Å². The molecular formula is C26H37NO3S. The molecule has 1 unspecified atom stereocenters. The van der Waals surface area contributed by atoms with Crippen molar-refractivity contribution in [2.75, 3.05) is 12.4 Å². The maximum absolute atomic E-state index is 13.7. The smallest absolute Gasteiger partial charge is 0.341 e. The maximum Gasteiger partial charge on any atom is 0.341 e. The summed E-state index contributed by atoms with van der Waals surface area (Å²) in [7, 11) is 1.45. The van der Waals surface area contributed by atoms with Gasteiger partial charge in [-0.15, -0.1) is 11.3 Å². The zero-order chi connectivity index (χ0) is 22.0. The second-order valence-electron chi connectivity index (χ2n) is 11.6. The van der Waals surface area contributed by atoms with Crippen molar-refractivity contribution in [3.63, 3.8) is 0 Å². The zero-order valence-electron chi connectivity index (χ0n) is 19.5. The van der Waals surface area contributed by atoms with Crippen molar-refractivity contribution in [3.8, 4) is 0 Å².